The van der Waals surface area contributed by atoms with Crippen LogP contribution in [0.1, 0.15) is 84.3 Å². The summed E-state index contributed by atoms with van der Waals surface area (Å²) in [5.74, 6) is -0.817. The van der Waals surface area contributed by atoms with Crippen LogP contribution in [0.5, 0.6) is 0 Å². The molecule has 1 atom stereocenters. The van der Waals surface area contributed by atoms with Crippen molar-refractivity contribution in [2.75, 3.05) is 5.32 Å². The summed E-state index contributed by atoms with van der Waals surface area (Å²) in [6, 6.07) is 17.5. The number of nitrogens with zero attached hydrogens (tertiary/aromatic N) is 4. The molecule has 0 aliphatic heterocycles. The van der Waals surface area contributed by atoms with Gasteiger partial charge in [-0.1, -0.05) is 52.0 Å². The first kappa shape index (κ1) is 29.2. The zero-order valence-electron chi connectivity index (χ0n) is 22.2. The average molecular weight is 498 g/mol. The predicted molar refractivity (Wildman–Crippen MR) is 143 cm³/mol. The van der Waals surface area contributed by atoms with Crippen LogP contribution < -0.4 is 5.32 Å². The second-order valence-electron chi connectivity index (χ2n) is 10.3. The highest BCUT2D eigenvalue weighted by molar-refractivity contribution is 5.99. The van der Waals surface area contributed by atoms with E-state index in [0.717, 1.165) is 11.1 Å². The van der Waals surface area contributed by atoms with Gasteiger partial charge in [0.15, 0.2) is 0 Å². The number of rotatable bonds is 12. The zero-order chi connectivity index (χ0) is 27.5. The van der Waals surface area contributed by atoms with Gasteiger partial charge < -0.3 is 5.32 Å². The molecule has 0 aliphatic carbocycles. The minimum Gasteiger partial charge on any atom is -0.325 e. The van der Waals surface area contributed by atoms with Gasteiger partial charge >= 0.3 is 0 Å². The van der Waals surface area contributed by atoms with E-state index in [-0.39, 0.29) is 31.0 Å². The maximum absolute atomic E-state index is 14.3. The third-order valence-electron chi connectivity index (χ3n) is 6.71. The number of Topliss-reactive ketones (excluding diaryl/α,β-unsaturated/α-hetero) is 1. The smallest absolute Gasteiger partial charge is 0.229 e. The Balaban J connectivity index is 2.63. The first-order chi connectivity index (χ1) is 17.6. The Morgan fingerprint density at radius 1 is 0.892 bits per heavy atom. The second kappa shape index (κ2) is 13.3. The number of para-hydroxylation sites is 1. The summed E-state index contributed by atoms with van der Waals surface area (Å²) in [4.78, 5) is 31.7. The summed E-state index contributed by atoms with van der Waals surface area (Å²) in [5, 5.41) is 30.9. The van der Waals surface area contributed by atoms with Crippen molar-refractivity contribution in [3.8, 4) is 29.3 Å². The molecule has 1 N–H and O–H groups in total. The third-order valence-corrected chi connectivity index (χ3v) is 6.71. The number of pyridine rings is 1. The normalized spacial score (nSPS) is 12.0. The number of anilines is 1. The SMILES string of the molecule is CCC(C(=O)C(CCC#N)(CCC#N)CCC#N)c1ncccc1-c1ccccc1NC(=O)C(C)(C)C. The molecule has 7 heteroatoms. The number of hydrogen-bond donors (Lipinski definition) is 1. The van der Waals surface area contributed by atoms with Crippen molar-refractivity contribution in [2.45, 2.75) is 78.6 Å². The molecule has 0 spiro atoms. The van der Waals surface area contributed by atoms with Crippen molar-refractivity contribution in [3.05, 3.63) is 48.3 Å². The number of nitrogens with one attached hydrogen (secondary N) is 1. The van der Waals surface area contributed by atoms with Crippen LogP contribution in [0.15, 0.2) is 42.6 Å². The van der Waals surface area contributed by atoms with Crippen LogP contribution in [0.3, 0.4) is 0 Å². The van der Waals surface area contributed by atoms with Gasteiger partial charge in [-0.15, -0.1) is 0 Å². The fraction of sp³-hybridized carbons (Fsp3) is 0.467. The molecule has 0 radical (unpaired) electrons. The number of benzene rings is 1. The van der Waals surface area contributed by atoms with E-state index in [4.69, 9.17) is 0 Å². The largest absolute Gasteiger partial charge is 0.325 e. The van der Waals surface area contributed by atoms with Crippen molar-refractivity contribution < 1.29 is 9.59 Å². The Bertz CT molecular complexity index is 1180. The number of nitriles is 3. The molecule has 0 saturated heterocycles. The maximum atomic E-state index is 14.3. The monoisotopic (exact) mass is 497 g/mol. The molecule has 1 aromatic heterocycles. The number of aromatic nitrogens is 1. The van der Waals surface area contributed by atoms with E-state index >= 15 is 0 Å². The van der Waals surface area contributed by atoms with Gasteiger partial charge in [0, 0.05) is 53.1 Å². The zero-order valence-corrected chi connectivity index (χ0v) is 22.2. The van der Waals surface area contributed by atoms with Gasteiger partial charge in [-0.3, -0.25) is 14.6 Å². The van der Waals surface area contributed by atoms with E-state index in [0.29, 0.717) is 37.1 Å². The summed E-state index contributed by atoms with van der Waals surface area (Å²) < 4.78 is 0. The summed E-state index contributed by atoms with van der Waals surface area (Å²) in [7, 11) is 0. The molecule has 0 saturated carbocycles. The number of carbonyl (C=O) groups is 2. The lowest BCUT2D eigenvalue weighted by atomic mass is 9.67. The number of hydrogen-bond acceptors (Lipinski definition) is 6. The van der Waals surface area contributed by atoms with Crippen LogP contribution in [-0.2, 0) is 9.59 Å². The lowest BCUT2D eigenvalue weighted by Gasteiger charge is -2.34. The Kier molecular flexibility index (Phi) is 10.5. The van der Waals surface area contributed by atoms with E-state index in [1.165, 1.54) is 0 Å². The quantitative estimate of drug-likeness (QED) is 0.347. The van der Waals surface area contributed by atoms with Crippen LogP contribution in [0.2, 0.25) is 0 Å². The summed E-state index contributed by atoms with van der Waals surface area (Å²) in [6.45, 7) is 7.44. The molecule has 0 aliphatic rings. The number of amides is 1. The van der Waals surface area contributed by atoms with Gasteiger partial charge in [-0.05, 0) is 37.8 Å². The molecule has 37 heavy (non-hydrogen) atoms. The Morgan fingerprint density at radius 2 is 1.43 bits per heavy atom. The van der Waals surface area contributed by atoms with Crippen LogP contribution in [0, 0.1) is 44.8 Å². The lowest BCUT2D eigenvalue weighted by molar-refractivity contribution is -0.131. The van der Waals surface area contributed by atoms with Gasteiger partial charge in [0.2, 0.25) is 5.91 Å². The number of carbonyl (C=O) groups excluding carboxylic acids is 2. The standard InChI is InChI=1S/C30H35N5O2/c1-5-22(27(36)30(15-9-18-31,16-10-19-32)17-11-20-33)26-24(13-8-21-34-26)23-12-6-7-14-25(23)35-28(37)29(2,3)4/h6-8,12-14,21-22H,5,9-11,15-17H2,1-4H3,(H,35,37). The van der Waals surface area contributed by atoms with Gasteiger partial charge in [0.05, 0.1) is 29.8 Å². The summed E-state index contributed by atoms with van der Waals surface area (Å²) in [5.41, 5.74) is 1.16. The molecule has 2 rings (SSSR count). The first-order valence-corrected chi connectivity index (χ1v) is 12.7. The Morgan fingerprint density at radius 3 is 1.95 bits per heavy atom. The van der Waals surface area contributed by atoms with E-state index in [9.17, 15) is 25.4 Å². The molecular weight excluding hydrogens is 462 g/mol. The lowest BCUT2D eigenvalue weighted by Crippen LogP contribution is -2.36. The third kappa shape index (κ3) is 7.25. The molecule has 0 bridgehead atoms. The van der Waals surface area contributed by atoms with Crippen molar-refractivity contribution in [2.24, 2.45) is 10.8 Å². The fourth-order valence-electron chi connectivity index (χ4n) is 4.56. The molecule has 192 valence electrons. The second-order valence-corrected chi connectivity index (χ2v) is 10.3. The molecule has 7 nitrogen and oxygen atoms in total. The minimum absolute atomic E-state index is 0.0908. The molecule has 2 aromatic rings. The molecular formula is C30H35N5O2. The van der Waals surface area contributed by atoms with Crippen molar-refractivity contribution >= 4 is 17.4 Å². The highest BCUT2D eigenvalue weighted by atomic mass is 16.2. The summed E-state index contributed by atoms with van der Waals surface area (Å²) in [6.07, 6.45) is 3.48. The maximum Gasteiger partial charge on any atom is 0.229 e. The molecule has 1 heterocycles. The van der Waals surface area contributed by atoms with Crippen LogP contribution in [0.25, 0.3) is 11.1 Å². The fourth-order valence-corrected chi connectivity index (χ4v) is 4.56. The van der Waals surface area contributed by atoms with Crippen molar-refractivity contribution in [1.29, 1.82) is 15.8 Å². The van der Waals surface area contributed by atoms with Gasteiger partial charge in [-0.25, -0.2) is 0 Å². The Hall–Kier alpha value is -4.02. The highest BCUT2D eigenvalue weighted by Gasteiger charge is 2.42. The Labute approximate surface area is 220 Å². The first-order valence-electron chi connectivity index (χ1n) is 12.7. The van der Waals surface area contributed by atoms with E-state index in [1.807, 2.05) is 58.0 Å². The molecule has 1 aromatic carbocycles. The predicted octanol–water partition coefficient (Wildman–Crippen LogP) is 6.69. The van der Waals surface area contributed by atoms with E-state index in [2.05, 4.69) is 28.5 Å². The molecule has 1 amide bonds. The van der Waals surface area contributed by atoms with E-state index < -0.39 is 16.7 Å². The number of ketones is 1. The van der Waals surface area contributed by atoms with Gasteiger partial charge in [0.1, 0.15) is 5.78 Å². The van der Waals surface area contributed by atoms with E-state index in [1.54, 1.807) is 12.3 Å². The van der Waals surface area contributed by atoms with Crippen molar-refractivity contribution in [1.82, 2.24) is 4.98 Å². The van der Waals surface area contributed by atoms with Crippen molar-refractivity contribution in [3.63, 3.8) is 0 Å². The van der Waals surface area contributed by atoms with Gasteiger partial charge in [-0.2, -0.15) is 15.8 Å². The highest BCUT2D eigenvalue weighted by Crippen LogP contribution is 2.43. The summed E-state index contributed by atoms with van der Waals surface area (Å²) >= 11 is 0. The van der Waals surface area contributed by atoms with Crippen LogP contribution >= 0.6 is 0 Å². The molecule has 0 fully saturated rings. The van der Waals surface area contributed by atoms with Gasteiger partial charge in [0.25, 0.3) is 0 Å². The van der Waals surface area contributed by atoms with Crippen LogP contribution in [0.4, 0.5) is 5.69 Å². The minimum atomic E-state index is -0.962. The topological polar surface area (TPSA) is 130 Å². The van der Waals surface area contributed by atoms with Crippen LogP contribution in [-0.4, -0.2) is 16.7 Å². The molecule has 1 unspecified atom stereocenters. The average Bonchev–Trinajstić information content (AvgIpc) is 2.89.